The van der Waals surface area contributed by atoms with Crippen molar-refractivity contribution < 1.29 is 13.5 Å². The quantitative estimate of drug-likeness (QED) is 0.753. The van der Waals surface area contributed by atoms with Gasteiger partial charge in [0.05, 0.1) is 15.7 Å². The van der Waals surface area contributed by atoms with Gasteiger partial charge in [-0.1, -0.05) is 12.1 Å². The lowest BCUT2D eigenvalue weighted by molar-refractivity contribution is -0.0498. The van der Waals surface area contributed by atoms with Crippen LogP contribution in [0, 0.1) is 0 Å². The topological polar surface area (TPSA) is 34.1 Å². The van der Waals surface area contributed by atoms with Crippen molar-refractivity contribution in [1.82, 2.24) is 4.98 Å². The van der Waals surface area contributed by atoms with E-state index in [9.17, 15) is 8.78 Å². The second-order valence-electron chi connectivity index (χ2n) is 4.41. The van der Waals surface area contributed by atoms with Crippen LogP contribution in [-0.4, -0.2) is 11.6 Å². The average molecular weight is 306 g/mol. The maximum absolute atomic E-state index is 12.1. The monoisotopic (exact) mass is 306 g/mol. The van der Waals surface area contributed by atoms with Gasteiger partial charge < -0.3 is 10.1 Å². The van der Waals surface area contributed by atoms with Gasteiger partial charge in [0.1, 0.15) is 5.75 Å². The van der Waals surface area contributed by atoms with E-state index in [0.29, 0.717) is 6.54 Å². The molecule has 6 heteroatoms. The number of ether oxygens (including phenoxy) is 1. The first-order valence-electron chi connectivity index (χ1n) is 6.31. The molecule has 0 spiro atoms. The molecule has 0 amide bonds. The number of rotatable bonds is 5. The predicted octanol–water partition coefficient (Wildman–Crippen LogP) is 4.51. The number of nitrogens with one attached hydrogen (secondary N) is 1. The Labute approximate surface area is 124 Å². The van der Waals surface area contributed by atoms with E-state index in [0.717, 1.165) is 21.5 Å². The molecular formula is C15H12F2N2OS. The van der Waals surface area contributed by atoms with Crippen LogP contribution in [0.2, 0.25) is 0 Å². The van der Waals surface area contributed by atoms with Gasteiger partial charge in [-0.05, 0) is 35.9 Å². The molecule has 0 saturated heterocycles. The number of alkyl halides is 2. The predicted molar refractivity (Wildman–Crippen MR) is 80.0 cm³/mol. The molecule has 0 fully saturated rings. The molecule has 3 aromatic rings. The van der Waals surface area contributed by atoms with Gasteiger partial charge in [-0.3, -0.25) is 0 Å². The van der Waals surface area contributed by atoms with Crippen molar-refractivity contribution in [3.8, 4) is 5.75 Å². The van der Waals surface area contributed by atoms with Gasteiger partial charge in [0, 0.05) is 12.2 Å². The molecule has 0 aliphatic heterocycles. The number of thiazole rings is 1. The summed E-state index contributed by atoms with van der Waals surface area (Å²) in [7, 11) is 0. The summed E-state index contributed by atoms with van der Waals surface area (Å²) < 4.78 is 29.5. The molecule has 3 nitrogen and oxygen atoms in total. The summed E-state index contributed by atoms with van der Waals surface area (Å²) in [4.78, 5) is 4.23. The maximum Gasteiger partial charge on any atom is 0.387 e. The Bertz CT molecular complexity index is 728. The second-order valence-corrected chi connectivity index (χ2v) is 5.30. The first-order chi connectivity index (χ1) is 10.2. The van der Waals surface area contributed by atoms with Crippen molar-refractivity contribution in [2.45, 2.75) is 13.2 Å². The third kappa shape index (κ3) is 3.46. The Morgan fingerprint density at radius 3 is 2.71 bits per heavy atom. The highest BCUT2D eigenvalue weighted by molar-refractivity contribution is 7.16. The number of fused-ring (bicyclic) bond motifs is 1. The first-order valence-corrected chi connectivity index (χ1v) is 7.19. The van der Waals surface area contributed by atoms with E-state index >= 15 is 0 Å². The molecule has 0 bridgehead atoms. The van der Waals surface area contributed by atoms with Gasteiger partial charge in [0.15, 0.2) is 0 Å². The standard InChI is InChI=1S/C15H12F2N2OS/c16-15(17)20-12-4-1-10(2-5-12)8-18-11-3-6-13-14(7-11)21-9-19-13/h1-7,9,15,18H,8H2. The fourth-order valence-electron chi connectivity index (χ4n) is 1.96. The van der Waals surface area contributed by atoms with Crippen LogP contribution >= 0.6 is 11.3 Å². The van der Waals surface area contributed by atoms with E-state index in [2.05, 4.69) is 15.0 Å². The van der Waals surface area contributed by atoms with E-state index in [1.54, 1.807) is 23.5 Å². The highest BCUT2D eigenvalue weighted by Crippen LogP contribution is 2.22. The van der Waals surface area contributed by atoms with Gasteiger partial charge in [-0.15, -0.1) is 11.3 Å². The first kappa shape index (κ1) is 13.8. The Hall–Kier alpha value is -2.21. The fourth-order valence-corrected chi connectivity index (χ4v) is 2.67. The van der Waals surface area contributed by atoms with Crippen LogP contribution in [0.4, 0.5) is 14.5 Å². The van der Waals surface area contributed by atoms with Crippen LogP contribution in [0.25, 0.3) is 10.2 Å². The van der Waals surface area contributed by atoms with Crippen molar-refractivity contribution in [3.63, 3.8) is 0 Å². The Kier molecular flexibility index (Phi) is 3.96. The summed E-state index contributed by atoms with van der Waals surface area (Å²) in [6.45, 7) is -2.18. The summed E-state index contributed by atoms with van der Waals surface area (Å²) in [5.41, 5.74) is 4.79. The van der Waals surface area contributed by atoms with Crippen molar-refractivity contribution in [3.05, 3.63) is 53.5 Å². The summed E-state index contributed by atoms with van der Waals surface area (Å²) in [6, 6.07) is 12.6. The highest BCUT2D eigenvalue weighted by atomic mass is 32.1. The molecule has 108 valence electrons. The van der Waals surface area contributed by atoms with Crippen molar-refractivity contribution >= 4 is 27.2 Å². The molecule has 0 aliphatic carbocycles. The van der Waals surface area contributed by atoms with E-state index in [-0.39, 0.29) is 5.75 Å². The molecule has 21 heavy (non-hydrogen) atoms. The summed E-state index contributed by atoms with van der Waals surface area (Å²) >= 11 is 1.59. The highest BCUT2D eigenvalue weighted by Gasteiger charge is 2.04. The SMILES string of the molecule is FC(F)Oc1ccc(CNc2ccc3ncsc3c2)cc1. The lowest BCUT2D eigenvalue weighted by Gasteiger charge is -2.08. The number of hydrogen-bond donors (Lipinski definition) is 1. The van der Waals surface area contributed by atoms with Crippen LogP contribution in [-0.2, 0) is 6.54 Å². The zero-order chi connectivity index (χ0) is 14.7. The largest absolute Gasteiger partial charge is 0.435 e. The van der Waals surface area contributed by atoms with E-state index in [4.69, 9.17) is 0 Å². The average Bonchev–Trinajstić information content (AvgIpc) is 2.93. The lowest BCUT2D eigenvalue weighted by atomic mass is 10.2. The van der Waals surface area contributed by atoms with Gasteiger partial charge >= 0.3 is 6.61 Å². The number of anilines is 1. The Balaban J connectivity index is 1.63. The minimum atomic E-state index is -2.79. The molecule has 1 aromatic heterocycles. The number of halogens is 2. The van der Waals surface area contributed by atoms with Crippen molar-refractivity contribution in [2.24, 2.45) is 0 Å². The van der Waals surface area contributed by atoms with Crippen LogP contribution in [0.5, 0.6) is 5.75 Å². The molecule has 0 unspecified atom stereocenters. The van der Waals surface area contributed by atoms with Crippen LogP contribution < -0.4 is 10.1 Å². The number of hydrogen-bond acceptors (Lipinski definition) is 4. The molecular weight excluding hydrogens is 294 g/mol. The summed E-state index contributed by atoms with van der Waals surface area (Å²) in [5, 5.41) is 3.29. The smallest absolute Gasteiger partial charge is 0.387 e. The normalized spacial score (nSPS) is 11.0. The van der Waals surface area contributed by atoms with E-state index in [1.807, 2.05) is 23.7 Å². The van der Waals surface area contributed by atoms with E-state index in [1.165, 1.54) is 12.1 Å². The third-order valence-electron chi connectivity index (χ3n) is 2.98. The Morgan fingerprint density at radius 2 is 1.95 bits per heavy atom. The maximum atomic E-state index is 12.1. The van der Waals surface area contributed by atoms with Crippen LogP contribution in [0.15, 0.2) is 48.0 Å². The second kappa shape index (κ2) is 6.05. The van der Waals surface area contributed by atoms with E-state index < -0.39 is 6.61 Å². The molecule has 2 aromatic carbocycles. The van der Waals surface area contributed by atoms with Gasteiger partial charge in [-0.2, -0.15) is 8.78 Å². The van der Waals surface area contributed by atoms with Crippen LogP contribution in [0.1, 0.15) is 5.56 Å². The fraction of sp³-hybridized carbons (Fsp3) is 0.133. The van der Waals surface area contributed by atoms with Gasteiger partial charge in [0.25, 0.3) is 0 Å². The van der Waals surface area contributed by atoms with Gasteiger partial charge in [0.2, 0.25) is 0 Å². The lowest BCUT2D eigenvalue weighted by Crippen LogP contribution is -2.02. The molecule has 0 aliphatic rings. The molecule has 3 rings (SSSR count). The zero-order valence-electron chi connectivity index (χ0n) is 10.9. The van der Waals surface area contributed by atoms with Crippen molar-refractivity contribution in [1.29, 1.82) is 0 Å². The van der Waals surface area contributed by atoms with Crippen LogP contribution in [0.3, 0.4) is 0 Å². The summed E-state index contributed by atoms with van der Waals surface area (Å²) in [6.07, 6.45) is 0. The van der Waals surface area contributed by atoms with Crippen molar-refractivity contribution in [2.75, 3.05) is 5.32 Å². The number of nitrogens with zero attached hydrogens (tertiary/aromatic N) is 1. The third-order valence-corrected chi connectivity index (χ3v) is 3.77. The molecule has 1 heterocycles. The molecule has 0 radical (unpaired) electrons. The Morgan fingerprint density at radius 1 is 1.14 bits per heavy atom. The van der Waals surface area contributed by atoms with Gasteiger partial charge in [-0.25, -0.2) is 4.98 Å². The molecule has 0 saturated carbocycles. The zero-order valence-corrected chi connectivity index (χ0v) is 11.7. The minimum Gasteiger partial charge on any atom is -0.435 e. The minimum absolute atomic E-state index is 0.167. The molecule has 0 atom stereocenters. The summed E-state index contributed by atoms with van der Waals surface area (Å²) in [5.74, 6) is 0.167. The number of aromatic nitrogens is 1. The number of benzene rings is 2. The molecule has 1 N–H and O–H groups in total.